The van der Waals surface area contributed by atoms with Gasteiger partial charge in [-0.3, -0.25) is 4.79 Å². The van der Waals surface area contributed by atoms with Gasteiger partial charge in [-0.15, -0.1) is 22.0 Å². The summed E-state index contributed by atoms with van der Waals surface area (Å²) in [7, 11) is 0. The third-order valence-electron chi connectivity index (χ3n) is 3.98. The first kappa shape index (κ1) is 19.5. The van der Waals surface area contributed by atoms with E-state index in [-0.39, 0.29) is 17.6 Å². The van der Waals surface area contributed by atoms with E-state index in [1.807, 2.05) is 48.7 Å². The van der Waals surface area contributed by atoms with Crippen molar-refractivity contribution in [3.63, 3.8) is 0 Å². The molecule has 0 fully saturated rings. The lowest BCUT2D eigenvalue weighted by molar-refractivity contribution is -0.113. The topological polar surface area (TPSA) is 68.0 Å². The highest BCUT2D eigenvalue weighted by Crippen LogP contribution is 2.23. The van der Waals surface area contributed by atoms with Crippen LogP contribution in [0.15, 0.2) is 69.1 Å². The summed E-state index contributed by atoms with van der Waals surface area (Å²) in [6, 6.07) is 18.0. The maximum atomic E-state index is 12.1. The Bertz CT molecular complexity index is 884. The summed E-state index contributed by atoms with van der Waals surface area (Å²) in [5, 5.41) is 11.4. The van der Waals surface area contributed by atoms with E-state index in [1.54, 1.807) is 11.8 Å². The third kappa shape index (κ3) is 5.87. The van der Waals surface area contributed by atoms with Crippen LogP contribution in [0.5, 0.6) is 0 Å². The number of carbonyl (C=O) groups excluding carboxylic acids is 1. The Balaban J connectivity index is 1.49. The summed E-state index contributed by atoms with van der Waals surface area (Å²) >= 11 is 2.88. The van der Waals surface area contributed by atoms with Crippen LogP contribution in [0.2, 0.25) is 0 Å². The molecule has 0 bridgehead atoms. The molecule has 1 unspecified atom stereocenters. The van der Waals surface area contributed by atoms with Crippen LogP contribution in [0.25, 0.3) is 0 Å². The molecule has 0 spiro atoms. The first-order chi connectivity index (χ1) is 13.1. The van der Waals surface area contributed by atoms with E-state index in [1.165, 1.54) is 17.3 Å². The summed E-state index contributed by atoms with van der Waals surface area (Å²) in [6.07, 6.45) is 2.67. The van der Waals surface area contributed by atoms with Crippen LogP contribution in [-0.2, 0) is 11.2 Å². The number of benzene rings is 2. The van der Waals surface area contributed by atoms with Gasteiger partial charge in [0.25, 0.3) is 5.22 Å². The summed E-state index contributed by atoms with van der Waals surface area (Å²) in [6.45, 7) is 2.13. The Morgan fingerprint density at radius 1 is 1.15 bits per heavy atom. The van der Waals surface area contributed by atoms with Crippen LogP contribution >= 0.6 is 23.5 Å². The molecule has 3 aromatic rings. The molecule has 3 rings (SSSR count). The number of carbonyl (C=O) groups is 1. The number of amides is 1. The van der Waals surface area contributed by atoms with Crippen LogP contribution in [0.4, 0.5) is 5.69 Å². The number of anilines is 1. The van der Waals surface area contributed by atoms with Gasteiger partial charge in [0.05, 0.1) is 5.75 Å². The van der Waals surface area contributed by atoms with Gasteiger partial charge in [-0.1, -0.05) is 55.1 Å². The molecule has 0 aliphatic carbocycles. The molecular formula is C20H21N3O2S2. The van der Waals surface area contributed by atoms with Crippen molar-refractivity contribution < 1.29 is 9.21 Å². The average molecular weight is 400 g/mol. The summed E-state index contributed by atoms with van der Waals surface area (Å²) < 4.78 is 5.67. The number of hydrogen-bond donors (Lipinski definition) is 1. The van der Waals surface area contributed by atoms with Gasteiger partial charge < -0.3 is 9.73 Å². The summed E-state index contributed by atoms with van der Waals surface area (Å²) in [5.74, 6) is 0.994. The standard InChI is InChI=1S/C20H21N3O2S2/c1-14(15-7-4-3-5-8-15)11-19-22-23-20(25-19)27-13-18(24)21-16-9-6-10-17(12-16)26-2/h3-10,12,14H,11,13H2,1-2H3,(H,21,24). The van der Waals surface area contributed by atoms with Gasteiger partial charge in [0.2, 0.25) is 11.8 Å². The zero-order valence-corrected chi connectivity index (χ0v) is 16.8. The molecule has 1 amide bonds. The van der Waals surface area contributed by atoms with E-state index < -0.39 is 0 Å². The molecule has 1 N–H and O–H groups in total. The van der Waals surface area contributed by atoms with Gasteiger partial charge in [-0.25, -0.2) is 0 Å². The van der Waals surface area contributed by atoms with E-state index in [4.69, 9.17) is 4.42 Å². The highest BCUT2D eigenvalue weighted by atomic mass is 32.2. The van der Waals surface area contributed by atoms with Crippen LogP contribution in [0, 0.1) is 0 Å². The maximum Gasteiger partial charge on any atom is 0.277 e. The predicted molar refractivity (Wildman–Crippen MR) is 110 cm³/mol. The van der Waals surface area contributed by atoms with E-state index in [0.29, 0.717) is 17.5 Å². The fourth-order valence-corrected chi connectivity index (χ4v) is 3.61. The van der Waals surface area contributed by atoms with Gasteiger partial charge in [-0.2, -0.15) is 0 Å². The van der Waals surface area contributed by atoms with Crippen LogP contribution < -0.4 is 5.32 Å². The number of rotatable bonds is 8. The van der Waals surface area contributed by atoms with Gasteiger partial charge in [0.15, 0.2) is 0 Å². The molecule has 5 nitrogen and oxygen atoms in total. The number of aromatic nitrogens is 2. The lowest BCUT2D eigenvalue weighted by Gasteiger charge is -2.08. The van der Waals surface area contributed by atoms with Crippen molar-refractivity contribution in [3.8, 4) is 0 Å². The Hall–Kier alpha value is -2.25. The number of thioether (sulfide) groups is 2. The molecule has 1 aromatic heterocycles. The molecule has 7 heteroatoms. The molecule has 0 aliphatic rings. The average Bonchev–Trinajstić information content (AvgIpc) is 3.14. The van der Waals surface area contributed by atoms with Crippen molar-refractivity contribution in [2.75, 3.05) is 17.3 Å². The molecule has 0 saturated heterocycles. The second-order valence-corrected chi connectivity index (χ2v) is 7.85. The SMILES string of the molecule is CSc1cccc(NC(=O)CSc2nnc(CC(C)c3ccccc3)o2)c1. The minimum Gasteiger partial charge on any atom is -0.416 e. The number of hydrogen-bond acceptors (Lipinski definition) is 6. The molecule has 140 valence electrons. The van der Waals surface area contributed by atoms with E-state index >= 15 is 0 Å². The van der Waals surface area contributed by atoms with Crippen LogP contribution in [-0.4, -0.2) is 28.1 Å². The Kier molecular flexibility index (Phi) is 6.95. The van der Waals surface area contributed by atoms with Crippen molar-refractivity contribution in [3.05, 3.63) is 66.1 Å². The lowest BCUT2D eigenvalue weighted by Crippen LogP contribution is -2.13. The fraction of sp³-hybridized carbons (Fsp3) is 0.250. The first-order valence-corrected chi connectivity index (χ1v) is 10.8. The van der Waals surface area contributed by atoms with Crippen molar-refractivity contribution in [1.29, 1.82) is 0 Å². The normalized spacial score (nSPS) is 11.9. The largest absolute Gasteiger partial charge is 0.416 e. The molecule has 0 saturated carbocycles. The molecule has 1 heterocycles. The van der Waals surface area contributed by atoms with Crippen molar-refractivity contribution in [2.24, 2.45) is 0 Å². The van der Waals surface area contributed by atoms with Gasteiger partial charge >= 0.3 is 0 Å². The molecular weight excluding hydrogens is 378 g/mol. The van der Waals surface area contributed by atoms with Gasteiger partial charge in [0.1, 0.15) is 0 Å². The zero-order chi connectivity index (χ0) is 19.1. The lowest BCUT2D eigenvalue weighted by atomic mass is 9.98. The maximum absolute atomic E-state index is 12.1. The molecule has 1 atom stereocenters. The third-order valence-corrected chi connectivity index (χ3v) is 5.52. The highest BCUT2D eigenvalue weighted by Gasteiger charge is 2.14. The summed E-state index contributed by atoms with van der Waals surface area (Å²) in [5.41, 5.74) is 2.02. The highest BCUT2D eigenvalue weighted by molar-refractivity contribution is 7.99. The number of nitrogens with zero attached hydrogens (tertiary/aromatic N) is 2. The summed E-state index contributed by atoms with van der Waals surface area (Å²) in [4.78, 5) is 13.2. The first-order valence-electron chi connectivity index (χ1n) is 8.58. The van der Waals surface area contributed by atoms with Crippen LogP contribution in [0.3, 0.4) is 0 Å². The molecule has 2 aromatic carbocycles. The smallest absolute Gasteiger partial charge is 0.277 e. The van der Waals surface area contributed by atoms with Crippen molar-refractivity contribution >= 4 is 35.1 Å². The van der Waals surface area contributed by atoms with Crippen molar-refractivity contribution in [2.45, 2.75) is 29.4 Å². The van der Waals surface area contributed by atoms with Gasteiger partial charge in [0, 0.05) is 17.0 Å². The van der Waals surface area contributed by atoms with Crippen molar-refractivity contribution in [1.82, 2.24) is 10.2 Å². The van der Waals surface area contributed by atoms with Gasteiger partial charge in [-0.05, 0) is 35.9 Å². The number of nitrogens with one attached hydrogen (secondary N) is 1. The predicted octanol–water partition coefficient (Wildman–Crippen LogP) is 4.87. The van der Waals surface area contributed by atoms with E-state index in [0.717, 1.165) is 10.6 Å². The van der Waals surface area contributed by atoms with Crippen LogP contribution in [0.1, 0.15) is 24.3 Å². The fourth-order valence-electron chi connectivity index (χ4n) is 2.57. The second kappa shape index (κ2) is 9.62. The minimum atomic E-state index is -0.101. The molecule has 0 radical (unpaired) electrons. The Morgan fingerprint density at radius 3 is 2.74 bits per heavy atom. The van der Waals surface area contributed by atoms with E-state index in [2.05, 4.69) is 34.6 Å². The monoisotopic (exact) mass is 399 g/mol. The molecule has 0 aliphatic heterocycles. The minimum absolute atomic E-state index is 0.101. The quantitative estimate of drug-likeness (QED) is 0.545. The molecule has 27 heavy (non-hydrogen) atoms. The second-order valence-electron chi connectivity index (χ2n) is 6.05. The Labute approximate surface area is 167 Å². The zero-order valence-electron chi connectivity index (χ0n) is 15.2. The van der Waals surface area contributed by atoms with E-state index in [9.17, 15) is 4.79 Å². The Morgan fingerprint density at radius 2 is 1.96 bits per heavy atom.